The molecule has 6 nitrogen and oxygen atoms in total. The van der Waals surface area contributed by atoms with E-state index in [0.717, 1.165) is 16.7 Å². The topological polar surface area (TPSA) is 95.5 Å². The van der Waals surface area contributed by atoms with Crippen molar-refractivity contribution >= 4 is 23.5 Å². The van der Waals surface area contributed by atoms with Gasteiger partial charge in [0.2, 0.25) is 5.91 Å². The van der Waals surface area contributed by atoms with E-state index in [-0.39, 0.29) is 12.3 Å². The van der Waals surface area contributed by atoms with Crippen LogP contribution in [-0.2, 0) is 16.0 Å². The molecule has 0 unspecified atom stereocenters. The smallest absolute Gasteiger partial charge is 0.326 e. The number of benzene rings is 2. The third-order valence-corrected chi connectivity index (χ3v) is 4.08. The maximum Gasteiger partial charge on any atom is 0.326 e. The van der Waals surface area contributed by atoms with Gasteiger partial charge in [-0.05, 0) is 54.8 Å². The second kappa shape index (κ2) is 8.29. The highest BCUT2D eigenvalue weighted by Gasteiger charge is 2.21. The average Bonchev–Trinajstić information content (AvgIpc) is 2.57. The fourth-order valence-electron chi connectivity index (χ4n) is 2.52. The number of nitrogens with one attached hydrogen (secondary N) is 2. The van der Waals surface area contributed by atoms with E-state index in [1.54, 1.807) is 12.1 Å². The van der Waals surface area contributed by atoms with Gasteiger partial charge in [0, 0.05) is 24.6 Å². The maximum atomic E-state index is 12.3. The first kappa shape index (κ1) is 19.2. The number of carboxylic acid groups (broad SMARTS) is 1. The molecule has 0 fully saturated rings. The summed E-state index contributed by atoms with van der Waals surface area (Å²) < 4.78 is 0. The summed E-state index contributed by atoms with van der Waals surface area (Å²) in [7, 11) is 0. The number of anilines is 1. The van der Waals surface area contributed by atoms with E-state index in [9.17, 15) is 19.5 Å². The minimum atomic E-state index is -1.09. The highest BCUT2D eigenvalue weighted by atomic mass is 16.4. The summed E-state index contributed by atoms with van der Waals surface area (Å²) >= 11 is 0. The summed E-state index contributed by atoms with van der Waals surface area (Å²) in [6.45, 7) is 5.34. The van der Waals surface area contributed by atoms with Gasteiger partial charge in [-0.25, -0.2) is 4.79 Å². The minimum absolute atomic E-state index is 0.201. The normalized spacial score (nSPS) is 11.5. The summed E-state index contributed by atoms with van der Waals surface area (Å²) in [5, 5.41) is 14.6. The zero-order valence-electron chi connectivity index (χ0n) is 15.0. The molecule has 0 spiro atoms. The first-order valence-electron chi connectivity index (χ1n) is 8.23. The van der Waals surface area contributed by atoms with Crippen LogP contribution in [0.4, 0.5) is 5.69 Å². The molecule has 6 heteroatoms. The van der Waals surface area contributed by atoms with E-state index in [1.807, 2.05) is 32.0 Å². The second-order valence-corrected chi connectivity index (χ2v) is 6.25. The molecule has 3 N–H and O–H groups in total. The molecule has 0 aliphatic heterocycles. The van der Waals surface area contributed by atoms with Crippen LogP contribution in [0.2, 0.25) is 0 Å². The Morgan fingerprint density at radius 1 is 1.00 bits per heavy atom. The van der Waals surface area contributed by atoms with Crippen molar-refractivity contribution in [2.75, 3.05) is 5.32 Å². The number of aliphatic carboxylic acids is 1. The Morgan fingerprint density at radius 2 is 1.65 bits per heavy atom. The van der Waals surface area contributed by atoms with Crippen LogP contribution in [0.1, 0.15) is 34.0 Å². The molecule has 0 aliphatic carbocycles. The predicted molar refractivity (Wildman–Crippen MR) is 99.3 cm³/mol. The lowest BCUT2D eigenvalue weighted by Crippen LogP contribution is -2.42. The molecule has 2 amide bonds. The molecule has 0 saturated carbocycles. The Morgan fingerprint density at radius 3 is 2.19 bits per heavy atom. The molecule has 136 valence electrons. The standard InChI is InChI=1S/C20H22N2O4/c1-12-4-5-15(10-13(12)2)11-18(20(25)26)22-19(24)16-6-8-17(9-7-16)21-14(3)23/h4-10,18H,11H2,1-3H3,(H,21,23)(H,22,24)(H,25,26)/t18-/m0/s1. The van der Waals surface area contributed by atoms with Crippen molar-refractivity contribution < 1.29 is 19.5 Å². The third kappa shape index (κ3) is 5.17. The first-order chi connectivity index (χ1) is 12.3. The van der Waals surface area contributed by atoms with Gasteiger partial charge in [0.25, 0.3) is 5.91 Å². The van der Waals surface area contributed by atoms with Gasteiger partial charge >= 0.3 is 5.97 Å². The average molecular weight is 354 g/mol. The second-order valence-electron chi connectivity index (χ2n) is 6.25. The monoisotopic (exact) mass is 354 g/mol. The van der Waals surface area contributed by atoms with Crippen molar-refractivity contribution in [1.82, 2.24) is 5.32 Å². The number of amides is 2. The van der Waals surface area contributed by atoms with Crippen molar-refractivity contribution in [3.8, 4) is 0 Å². The summed E-state index contributed by atoms with van der Waals surface area (Å²) in [6.07, 6.45) is 0.201. The Hall–Kier alpha value is -3.15. The van der Waals surface area contributed by atoms with E-state index in [1.165, 1.54) is 19.1 Å². The van der Waals surface area contributed by atoms with Crippen molar-refractivity contribution in [3.63, 3.8) is 0 Å². The highest BCUT2D eigenvalue weighted by Crippen LogP contribution is 2.13. The van der Waals surface area contributed by atoms with Crippen LogP contribution in [-0.4, -0.2) is 28.9 Å². The molecule has 0 bridgehead atoms. The van der Waals surface area contributed by atoms with E-state index >= 15 is 0 Å². The van der Waals surface area contributed by atoms with Crippen molar-refractivity contribution in [3.05, 3.63) is 64.7 Å². The first-order valence-corrected chi connectivity index (χ1v) is 8.23. The lowest BCUT2D eigenvalue weighted by Gasteiger charge is -2.15. The molecule has 26 heavy (non-hydrogen) atoms. The zero-order valence-corrected chi connectivity index (χ0v) is 15.0. The Labute approximate surface area is 152 Å². The van der Waals surface area contributed by atoms with Crippen LogP contribution >= 0.6 is 0 Å². The van der Waals surface area contributed by atoms with E-state index in [4.69, 9.17) is 0 Å². The molecule has 0 heterocycles. The van der Waals surface area contributed by atoms with Gasteiger partial charge in [-0.2, -0.15) is 0 Å². The molecular weight excluding hydrogens is 332 g/mol. The third-order valence-electron chi connectivity index (χ3n) is 4.08. The Balaban J connectivity index is 2.08. The van der Waals surface area contributed by atoms with Crippen LogP contribution in [0.15, 0.2) is 42.5 Å². The largest absolute Gasteiger partial charge is 0.480 e. The summed E-state index contributed by atoms with van der Waals surface area (Å²) in [4.78, 5) is 34.9. The molecule has 0 radical (unpaired) electrons. The molecular formula is C20H22N2O4. The van der Waals surface area contributed by atoms with Crippen LogP contribution in [0.25, 0.3) is 0 Å². The van der Waals surface area contributed by atoms with Crippen molar-refractivity contribution in [2.45, 2.75) is 33.2 Å². The number of rotatable bonds is 6. The molecule has 2 aromatic rings. The molecule has 1 atom stereocenters. The molecule has 0 aliphatic rings. The Kier molecular flexibility index (Phi) is 6.11. The number of carboxylic acids is 1. The molecule has 2 rings (SSSR count). The van der Waals surface area contributed by atoms with Crippen LogP contribution in [0.3, 0.4) is 0 Å². The predicted octanol–water partition coefficient (Wildman–Crippen LogP) is 2.69. The van der Waals surface area contributed by atoms with Crippen LogP contribution < -0.4 is 10.6 Å². The number of aryl methyl sites for hydroxylation is 2. The highest BCUT2D eigenvalue weighted by molar-refractivity contribution is 5.97. The van der Waals surface area contributed by atoms with Gasteiger partial charge in [0.05, 0.1) is 0 Å². The van der Waals surface area contributed by atoms with Gasteiger partial charge in [-0.1, -0.05) is 18.2 Å². The number of carbonyl (C=O) groups is 3. The number of hydrogen-bond donors (Lipinski definition) is 3. The lowest BCUT2D eigenvalue weighted by atomic mass is 10.0. The summed E-state index contributed by atoms with van der Waals surface area (Å²) in [5.41, 5.74) is 3.95. The minimum Gasteiger partial charge on any atom is -0.480 e. The molecule has 0 aromatic heterocycles. The SMILES string of the molecule is CC(=O)Nc1ccc(C(=O)N[C@@H](Cc2ccc(C)c(C)c2)C(=O)O)cc1. The van der Waals surface area contributed by atoms with Crippen LogP contribution in [0.5, 0.6) is 0 Å². The zero-order chi connectivity index (χ0) is 19.3. The summed E-state index contributed by atoms with van der Waals surface area (Å²) in [5.74, 6) is -1.77. The van der Waals surface area contributed by atoms with Crippen molar-refractivity contribution in [1.29, 1.82) is 0 Å². The molecule has 2 aromatic carbocycles. The number of carbonyl (C=O) groups excluding carboxylic acids is 2. The maximum absolute atomic E-state index is 12.3. The van der Waals surface area contributed by atoms with Crippen LogP contribution in [0, 0.1) is 13.8 Å². The Bertz CT molecular complexity index is 828. The summed E-state index contributed by atoms with van der Waals surface area (Å²) in [6, 6.07) is 11.0. The fourth-order valence-corrected chi connectivity index (χ4v) is 2.52. The van der Waals surface area contributed by atoms with Gasteiger partial charge in [0.15, 0.2) is 0 Å². The van der Waals surface area contributed by atoms with Gasteiger partial charge in [-0.3, -0.25) is 9.59 Å². The fraction of sp³-hybridized carbons (Fsp3) is 0.250. The van der Waals surface area contributed by atoms with Gasteiger partial charge < -0.3 is 15.7 Å². The number of hydrogen-bond acceptors (Lipinski definition) is 3. The lowest BCUT2D eigenvalue weighted by molar-refractivity contribution is -0.139. The van der Waals surface area contributed by atoms with Gasteiger partial charge in [-0.15, -0.1) is 0 Å². The van der Waals surface area contributed by atoms with Crippen molar-refractivity contribution in [2.24, 2.45) is 0 Å². The van der Waals surface area contributed by atoms with E-state index in [2.05, 4.69) is 10.6 Å². The van der Waals surface area contributed by atoms with E-state index in [0.29, 0.717) is 11.3 Å². The quantitative estimate of drug-likeness (QED) is 0.743. The van der Waals surface area contributed by atoms with E-state index < -0.39 is 17.9 Å². The van der Waals surface area contributed by atoms with Gasteiger partial charge in [0.1, 0.15) is 6.04 Å². The molecule has 0 saturated heterocycles.